The molecule has 0 atom stereocenters. The summed E-state index contributed by atoms with van der Waals surface area (Å²) in [5, 5.41) is 0.708. The number of carbonyl (C=O) groups excluding carboxylic acids is 1. The molecule has 5 nitrogen and oxygen atoms in total. The number of hydrogen-bond acceptors (Lipinski definition) is 4. The third kappa shape index (κ3) is 4.78. The molecule has 2 aromatic carbocycles. The van der Waals surface area contributed by atoms with Crippen LogP contribution >= 0.6 is 27.5 Å². The van der Waals surface area contributed by atoms with Gasteiger partial charge in [-0.15, -0.1) is 0 Å². The molecule has 1 spiro atoms. The number of benzene rings is 2. The molecule has 1 aromatic heterocycles. The monoisotopic (exact) mass is 524 g/mol. The fraction of sp³-hybridized carbons (Fsp3) is 0.346. The minimum absolute atomic E-state index is 0.141. The van der Waals surface area contributed by atoms with E-state index in [-0.39, 0.29) is 11.3 Å². The lowest BCUT2D eigenvalue weighted by molar-refractivity contribution is 0.0540. The first-order chi connectivity index (χ1) is 16.0. The first kappa shape index (κ1) is 22.4. The van der Waals surface area contributed by atoms with E-state index in [1.807, 2.05) is 65.7 Å². The zero-order chi connectivity index (χ0) is 22.8. The summed E-state index contributed by atoms with van der Waals surface area (Å²) < 4.78 is 0.869. The first-order valence-corrected chi connectivity index (χ1v) is 12.6. The number of likely N-dealkylation sites (tertiary alicyclic amines) is 1. The minimum Gasteiger partial charge on any atom is -0.340 e. The van der Waals surface area contributed by atoms with Crippen molar-refractivity contribution in [1.29, 1.82) is 0 Å². The maximum atomic E-state index is 12.9. The molecule has 0 saturated carbocycles. The van der Waals surface area contributed by atoms with Crippen molar-refractivity contribution in [3.8, 4) is 11.3 Å². The summed E-state index contributed by atoms with van der Waals surface area (Å²) in [5.41, 5.74) is 2.87. The molecule has 7 heteroatoms. The van der Waals surface area contributed by atoms with Crippen LogP contribution < -0.4 is 4.90 Å². The lowest BCUT2D eigenvalue weighted by Crippen LogP contribution is -2.51. The van der Waals surface area contributed by atoms with E-state index < -0.39 is 0 Å². The van der Waals surface area contributed by atoms with Crippen molar-refractivity contribution in [2.45, 2.75) is 25.7 Å². The highest BCUT2D eigenvalue weighted by atomic mass is 79.9. The number of hydrogen-bond donors (Lipinski definition) is 0. The summed E-state index contributed by atoms with van der Waals surface area (Å²) in [6.45, 7) is 3.50. The van der Waals surface area contributed by atoms with Crippen LogP contribution in [0.1, 0.15) is 36.0 Å². The number of anilines is 1. The van der Waals surface area contributed by atoms with Crippen LogP contribution in [-0.2, 0) is 0 Å². The summed E-state index contributed by atoms with van der Waals surface area (Å²) in [6, 6.07) is 17.3. The van der Waals surface area contributed by atoms with Gasteiger partial charge in [-0.3, -0.25) is 4.79 Å². The standard InChI is InChI=1S/C26H26BrClN4O/c27-22-17-29-25(30-23(22)19-7-9-21(28)10-8-19)32-14-4-11-26(18-32)12-15-31(16-13-26)24(33)20-5-2-1-3-6-20/h1-3,5-10,17H,4,11-16,18H2. The molecule has 0 radical (unpaired) electrons. The van der Waals surface area contributed by atoms with Gasteiger partial charge in [0.2, 0.25) is 5.95 Å². The van der Waals surface area contributed by atoms with Crippen LogP contribution in [0.15, 0.2) is 65.3 Å². The van der Waals surface area contributed by atoms with Crippen LogP contribution in [0.3, 0.4) is 0 Å². The van der Waals surface area contributed by atoms with Crippen molar-refractivity contribution in [1.82, 2.24) is 14.9 Å². The minimum atomic E-state index is 0.141. The van der Waals surface area contributed by atoms with Crippen LogP contribution in [0.5, 0.6) is 0 Å². The number of rotatable bonds is 3. The Hall–Kier alpha value is -2.44. The smallest absolute Gasteiger partial charge is 0.253 e. The van der Waals surface area contributed by atoms with Crippen molar-refractivity contribution in [3.63, 3.8) is 0 Å². The molecule has 3 aromatic rings. The Morgan fingerprint density at radius 1 is 0.970 bits per heavy atom. The number of aromatic nitrogens is 2. The molecule has 2 saturated heterocycles. The van der Waals surface area contributed by atoms with Crippen molar-refractivity contribution in [3.05, 3.63) is 75.9 Å². The van der Waals surface area contributed by atoms with E-state index in [1.54, 1.807) is 0 Å². The number of carbonyl (C=O) groups is 1. The normalized spacial score (nSPS) is 17.9. The van der Waals surface area contributed by atoms with Crippen molar-refractivity contribution in [2.75, 3.05) is 31.1 Å². The van der Waals surface area contributed by atoms with E-state index in [2.05, 4.69) is 25.8 Å². The van der Waals surface area contributed by atoms with E-state index in [0.29, 0.717) is 5.02 Å². The number of amides is 1. The molecule has 2 aliphatic rings. The van der Waals surface area contributed by atoms with Crippen molar-refractivity contribution >= 4 is 39.4 Å². The average Bonchev–Trinajstić information content (AvgIpc) is 2.86. The Kier molecular flexibility index (Phi) is 6.39. The fourth-order valence-corrected chi connectivity index (χ4v) is 5.60. The highest BCUT2D eigenvalue weighted by Gasteiger charge is 2.40. The Balaban J connectivity index is 1.30. The molecule has 33 heavy (non-hydrogen) atoms. The number of halogens is 2. The van der Waals surface area contributed by atoms with Crippen LogP contribution in [0.25, 0.3) is 11.3 Å². The Morgan fingerprint density at radius 2 is 1.70 bits per heavy atom. The largest absolute Gasteiger partial charge is 0.340 e. The molecule has 3 heterocycles. The predicted octanol–water partition coefficient (Wildman–Crippen LogP) is 6.08. The summed E-state index contributed by atoms with van der Waals surface area (Å²) >= 11 is 9.67. The highest BCUT2D eigenvalue weighted by molar-refractivity contribution is 9.10. The van der Waals surface area contributed by atoms with E-state index >= 15 is 0 Å². The molecule has 0 aliphatic carbocycles. The summed E-state index contributed by atoms with van der Waals surface area (Å²) in [7, 11) is 0. The second-order valence-corrected chi connectivity index (χ2v) is 10.3. The summed E-state index contributed by atoms with van der Waals surface area (Å²) in [5.74, 6) is 0.909. The van der Waals surface area contributed by atoms with Gasteiger partial charge in [0.15, 0.2) is 0 Å². The average molecular weight is 526 g/mol. The van der Waals surface area contributed by atoms with Crippen molar-refractivity contribution in [2.24, 2.45) is 5.41 Å². The zero-order valence-corrected chi connectivity index (χ0v) is 20.7. The fourth-order valence-electron chi connectivity index (χ4n) is 5.05. The first-order valence-electron chi connectivity index (χ1n) is 11.4. The lowest BCUT2D eigenvalue weighted by atomic mass is 9.72. The van der Waals surface area contributed by atoms with Crippen LogP contribution in [0, 0.1) is 5.41 Å². The third-order valence-corrected chi connectivity index (χ3v) is 7.76. The highest BCUT2D eigenvalue weighted by Crippen LogP contribution is 2.41. The van der Waals surface area contributed by atoms with Gasteiger partial charge in [-0.05, 0) is 71.3 Å². The summed E-state index contributed by atoms with van der Waals surface area (Å²) in [6.07, 6.45) is 6.18. The topological polar surface area (TPSA) is 49.3 Å². The molecule has 5 rings (SSSR count). The quantitative estimate of drug-likeness (QED) is 0.416. The maximum Gasteiger partial charge on any atom is 0.253 e. The number of nitrogens with zero attached hydrogens (tertiary/aromatic N) is 4. The molecule has 0 N–H and O–H groups in total. The Morgan fingerprint density at radius 3 is 2.42 bits per heavy atom. The zero-order valence-electron chi connectivity index (χ0n) is 18.4. The predicted molar refractivity (Wildman–Crippen MR) is 136 cm³/mol. The van der Waals surface area contributed by atoms with Gasteiger partial charge in [0.1, 0.15) is 0 Å². The van der Waals surface area contributed by atoms with Crippen LogP contribution in [0.4, 0.5) is 5.95 Å². The SMILES string of the molecule is O=C(c1ccccc1)N1CCC2(CCCN(c3ncc(Br)c(-c4ccc(Cl)cc4)n3)C2)CC1. The molecule has 0 bridgehead atoms. The maximum absolute atomic E-state index is 12.9. The van der Waals surface area contributed by atoms with Gasteiger partial charge in [-0.2, -0.15) is 0 Å². The van der Waals surface area contributed by atoms with E-state index in [0.717, 1.165) is 72.7 Å². The molecule has 170 valence electrons. The summed E-state index contributed by atoms with van der Waals surface area (Å²) in [4.78, 5) is 26.8. The Labute approximate surface area is 207 Å². The van der Waals surface area contributed by atoms with Gasteiger partial charge < -0.3 is 9.80 Å². The molecular formula is C26H26BrClN4O. The van der Waals surface area contributed by atoms with E-state index in [1.165, 1.54) is 6.42 Å². The van der Waals surface area contributed by atoms with E-state index in [9.17, 15) is 4.79 Å². The van der Waals surface area contributed by atoms with Crippen LogP contribution in [-0.4, -0.2) is 47.0 Å². The second kappa shape index (κ2) is 9.43. The van der Waals surface area contributed by atoms with Gasteiger partial charge in [0.25, 0.3) is 5.91 Å². The van der Waals surface area contributed by atoms with E-state index in [4.69, 9.17) is 16.6 Å². The lowest BCUT2D eigenvalue weighted by Gasteiger charge is -2.47. The van der Waals surface area contributed by atoms with Gasteiger partial charge in [-0.25, -0.2) is 9.97 Å². The molecular weight excluding hydrogens is 500 g/mol. The molecule has 2 fully saturated rings. The van der Waals surface area contributed by atoms with Gasteiger partial charge >= 0.3 is 0 Å². The van der Waals surface area contributed by atoms with Crippen molar-refractivity contribution < 1.29 is 4.79 Å². The third-order valence-electron chi connectivity index (χ3n) is 6.93. The van der Waals surface area contributed by atoms with Crippen LogP contribution in [0.2, 0.25) is 5.02 Å². The number of piperidine rings is 2. The van der Waals surface area contributed by atoms with Gasteiger partial charge in [0.05, 0.1) is 10.2 Å². The Bertz CT molecular complexity index is 1130. The van der Waals surface area contributed by atoms with Gasteiger partial charge in [0, 0.05) is 48.5 Å². The molecule has 1 amide bonds. The van der Waals surface area contributed by atoms with Gasteiger partial charge in [-0.1, -0.05) is 41.9 Å². The molecule has 0 unspecified atom stereocenters. The molecule has 2 aliphatic heterocycles. The second-order valence-electron chi connectivity index (χ2n) is 9.06.